The first-order chi connectivity index (χ1) is 10.3. The molecule has 22 heavy (non-hydrogen) atoms. The summed E-state index contributed by atoms with van der Waals surface area (Å²) in [7, 11) is -2.03. The van der Waals surface area contributed by atoms with Gasteiger partial charge < -0.3 is 9.47 Å². The lowest BCUT2D eigenvalue weighted by Gasteiger charge is -2.05. The fourth-order valence-electron chi connectivity index (χ4n) is 1.31. The number of ether oxygens (including phenoxy) is 2. The number of rotatable bonds is 6. The quantitative estimate of drug-likeness (QED) is 0.431. The summed E-state index contributed by atoms with van der Waals surface area (Å²) in [4.78, 5) is 22.4. The number of esters is 2. The van der Waals surface area contributed by atoms with Crippen LogP contribution in [0, 0.1) is 6.92 Å². The van der Waals surface area contributed by atoms with E-state index in [1.165, 1.54) is 12.1 Å². The molecular formula is C13H15NO7S. The van der Waals surface area contributed by atoms with Gasteiger partial charge in [-0.15, -0.1) is 0 Å². The molecule has 0 amide bonds. The van der Waals surface area contributed by atoms with Crippen molar-refractivity contribution in [3.8, 4) is 0 Å². The van der Waals surface area contributed by atoms with Crippen LogP contribution in [-0.4, -0.2) is 40.3 Å². The third kappa shape index (κ3) is 4.85. The molecule has 1 rings (SSSR count). The average molecular weight is 329 g/mol. The first-order valence-electron chi connectivity index (χ1n) is 6.02. The van der Waals surface area contributed by atoms with E-state index in [1.807, 2.05) is 0 Å². The Morgan fingerprint density at radius 2 is 1.68 bits per heavy atom. The number of aryl methyl sites for hydroxylation is 1. The fraction of sp³-hybridized carbons (Fsp3) is 0.308. The van der Waals surface area contributed by atoms with Gasteiger partial charge in [0.25, 0.3) is 0 Å². The maximum Gasteiger partial charge on any atom is 0.358 e. The van der Waals surface area contributed by atoms with E-state index >= 15 is 0 Å². The van der Waals surface area contributed by atoms with Crippen LogP contribution in [0.5, 0.6) is 0 Å². The summed E-state index contributed by atoms with van der Waals surface area (Å²) in [5.74, 6) is -1.79. The maximum absolute atomic E-state index is 11.9. The fourth-order valence-corrected chi connectivity index (χ4v) is 2.05. The van der Waals surface area contributed by atoms with Crippen LogP contribution in [-0.2, 0) is 33.5 Å². The predicted octanol–water partition coefficient (Wildman–Crippen LogP) is 0.792. The summed E-state index contributed by atoms with van der Waals surface area (Å²) < 4.78 is 37.0. The second-order valence-corrected chi connectivity index (χ2v) is 5.65. The molecule has 0 atom stereocenters. The number of carbonyl (C=O) groups is 2. The summed E-state index contributed by atoms with van der Waals surface area (Å²) in [5.41, 5.74) is 0.341. The number of benzene rings is 1. The summed E-state index contributed by atoms with van der Waals surface area (Å²) in [5, 5.41) is 3.21. The average Bonchev–Trinajstić information content (AvgIpc) is 2.50. The zero-order chi connectivity index (χ0) is 16.8. The van der Waals surface area contributed by atoms with E-state index in [0.717, 1.165) is 19.8 Å². The molecule has 0 unspecified atom stereocenters. The van der Waals surface area contributed by atoms with Gasteiger partial charge >= 0.3 is 22.1 Å². The number of oxime groups is 1. The Labute approximate surface area is 127 Å². The largest absolute Gasteiger partial charge is 0.469 e. The molecule has 9 heteroatoms. The van der Waals surface area contributed by atoms with Gasteiger partial charge in [0.15, 0.2) is 5.71 Å². The van der Waals surface area contributed by atoms with Gasteiger partial charge in [-0.1, -0.05) is 22.9 Å². The number of hydrogen-bond acceptors (Lipinski definition) is 8. The van der Waals surface area contributed by atoms with E-state index in [2.05, 4.69) is 18.9 Å². The van der Waals surface area contributed by atoms with E-state index in [0.29, 0.717) is 0 Å². The Morgan fingerprint density at radius 3 is 2.18 bits per heavy atom. The van der Waals surface area contributed by atoms with Gasteiger partial charge in [0.05, 0.1) is 20.6 Å². The summed E-state index contributed by atoms with van der Waals surface area (Å²) in [6.45, 7) is 1.79. The van der Waals surface area contributed by atoms with Gasteiger partial charge in [0.2, 0.25) is 0 Å². The maximum atomic E-state index is 11.9. The summed E-state index contributed by atoms with van der Waals surface area (Å²) >= 11 is 0. The van der Waals surface area contributed by atoms with Crippen molar-refractivity contribution in [1.29, 1.82) is 0 Å². The monoisotopic (exact) mass is 329 g/mol. The molecule has 0 fully saturated rings. The molecule has 1 aromatic rings. The Kier molecular flexibility index (Phi) is 6.05. The van der Waals surface area contributed by atoms with Crippen LogP contribution in [0.2, 0.25) is 0 Å². The van der Waals surface area contributed by atoms with Crippen molar-refractivity contribution < 1.29 is 31.8 Å². The van der Waals surface area contributed by atoms with Gasteiger partial charge in [-0.25, -0.2) is 4.79 Å². The minimum atomic E-state index is -4.20. The van der Waals surface area contributed by atoms with Crippen LogP contribution in [0.15, 0.2) is 34.3 Å². The second-order valence-electron chi connectivity index (χ2n) is 4.12. The zero-order valence-electron chi connectivity index (χ0n) is 12.2. The molecule has 0 bridgehead atoms. The van der Waals surface area contributed by atoms with E-state index in [-0.39, 0.29) is 4.90 Å². The minimum Gasteiger partial charge on any atom is -0.469 e. The number of methoxy groups -OCH3 is 2. The van der Waals surface area contributed by atoms with Gasteiger partial charge in [0, 0.05) is 0 Å². The molecule has 8 nitrogen and oxygen atoms in total. The van der Waals surface area contributed by atoms with Crippen LogP contribution in [0.1, 0.15) is 12.0 Å². The molecule has 0 N–H and O–H groups in total. The van der Waals surface area contributed by atoms with Crippen molar-refractivity contribution >= 4 is 27.8 Å². The molecule has 120 valence electrons. The Morgan fingerprint density at radius 1 is 1.09 bits per heavy atom. The molecule has 0 saturated carbocycles. The highest BCUT2D eigenvalue weighted by Crippen LogP contribution is 2.13. The third-order valence-corrected chi connectivity index (χ3v) is 3.64. The first-order valence-corrected chi connectivity index (χ1v) is 7.43. The standard InChI is InChI=1S/C13H15NO7S/c1-9-4-6-10(7-5-9)22(17,18)21-14-11(13(16)20-3)8-12(15)19-2/h4-7H,8H2,1-3H3/b14-11-. The van der Waals surface area contributed by atoms with Crippen molar-refractivity contribution in [3.05, 3.63) is 29.8 Å². The molecule has 0 saturated heterocycles. The number of hydrogen-bond donors (Lipinski definition) is 0. The van der Waals surface area contributed by atoms with E-state index in [9.17, 15) is 18.0 Å². The van der Waals surface area contributed by atoms with Crippen molar-refractivity contribution in [2.24, 2.45) is 5.16 Å². The second kappa shape index (κ2) is 7.55. The van der Waals surface area contributed by atoms with Crippen molar-refractivity contribution in [2.45, 2.75) is 18.2 Å². The van der Waals surface area contributed by atoms with Crippen LogP contribution in [0.4, 0.5) is 0 Å². The Hall–Kier alpha value is -2.42. The molecule has 0 radical (unpaired) electrons. The zero-order valence-corrected chi connectivity index (χ0v) is 13.0. The Bertz CT molecular complexity index is 677. The highest BCUT2D eigenvalue weighted by Gasteiger charge is 2.21. The van der Waals surface area contributed by atoms with E-state index in [4.69, 9.17) is 0 Å². The molecular weight excluding hydrogens is 314 g/mol. The lowest BCUT2D eigenvalue weighted by molar-refractivity contribution is -0.140. The van der Waals surface area contributed by atoms with E-state index in [1.54, 1.807) is 19.1 Å². The third-order valence-electron chi connectivity index (χ3n) is 2.52. The normalized spacial score (nSPS) is 11.7. The first kappa shape index (κ1) is 17.6. The van der Waals surface area contributed by atoms with Gasteiger partial charge in [-0.05, 0) is 19.1 Å². The highest BCUT2D eigenvalue weighted by molar-refractivity contribution is 7.86. The van der Waals surface area contributed by atoms with Gasteiger partial charge in [0.1, 0.15) is 4.90 Å². The van der Waals surface area contributed by atoms with Crippen LogP contribution < -0.4 is 0 Å². The summed E-state index contributed by atoms with van der Waals surface area (Å²) in [6.07, 6.45) is -0.577. The molecule has 1 aromatic carbocycles. The number of carbonyl (C=O) groups excluding carboxylic acids is 2. The van der Waals surface area contributed by atoms with E-state index < -0.39 is 34.2 Å². The minimum absolute atomic E-state index is 0.135. The van der Waals surface area contributed by atoms with Crippen molar-refractivity contribution in [2.75, 3.05) is 14.2 Å². The SMILES string of the molecule is COC(=O)C/C(=N/OS(=O)(=O)c1ccc(C)cc1)C(=O)OC. The smallest absolute Gasteiger partial charge is 0.358 e. The molecule has 0 aliphatic rings. The molecule has 0 spiro atoms. The molecule has 0 aromatic heterocycles. The van der Waals surface area contributed by atoms with Gasteiger partial charge in [-0.2, -0.15) is 8.42 Å². The van der Waals surface area contributed by atoms with Gasteiger partial charge in [-0.3, -0.25) is 9.08 Å². The lowest BCUT2D eigenvalue weighted by Crippen LogP contribution is -2.21. The lowest BCUT2D eigenvalue weighted by atomic mass is 10.2. The van der Waals surface area contributed by atoms with Crippen LogP contribution in [0.3, 0.4) is 0 Å². The van der Waals surface area contributed by atoms with Crippen molar-refractivity contribution in [3.63, 3.8) is 0 Å². The van der Waals surface area contributed by atoms with Crippen molar-refractivity contribution in [1.82, 2.24) is 0 Å². The van der Waals surface area contributed by atoms with Crippen LogP contribution in [0.25, 0.3) is 0 Å². The molecule has 0 aliphatic carbocycles. The topological polar surface area (TPSA) is 108 Å². The summed E-state index contributed by atoms with van der Waals surface area (Å²) in [6, 6.07) is 5.82. The Balaban J connectivity index is 2.99. The van der Waals surface area contributed by atoms with Crippen LogP contribution >= 0.6 is 0 Å². The highest BCUT2D eigenvalue weighted by atomic mass is 32.2. The molecule has 0 heterocycles. The molecule has 0 aliphatic heterocycles. The predicted molar refractivity (Wildman–Crippen MR) is 75.5 cm³/mol. The number of nitrogens with zero attached hydrogens (tertiary/aromatic N) is 1.